The van der Waals surface area contributed by atoms with E-state index in [0.29, 0.717) is 6.54 Å². The zero-order valence-electron chi connectivity index (χ0n) is 10.3. The Balaban J connectivity index is 2.03. The Labute approximate surface area is 111 Å². The summed E-state index contributed by atoms with van der Waals surface area (Å²) < 4.78 is 2.02. The lowest BCUT2D eigenvalue weighted by atomic mass is 10.1. The van der Waals surface area contributed by atoms with Gasteiger partial charge in [0.05, 0.1) is 6.54 Å². The molecule has 0 radical (unpaired) electrons. The van der Waals surface area contributed by atoms with E-state index in [-0.39, 0.29) is 0 Å². The molecule has 92 valence electrons. The molecule has 0 aliphatic heterocycles. The molecule has 2 aromatic rings. The Kier molecular flexibility index (Phi) is 4.46. The summed E-state index contributed by atoms with van der Waals surface area (Å²) in [6.45, 7) is 0.395. The molecule has 18 heavy (non-hydrogen) atoms. The molecule has 3 nitrogen and oxygen atoms in total. The Morgan fingerprint density at radius 2 is 2.33 bits per heavy atom. The number of hydrogen-bond donors (Lipinski definition) is 1. The number of benzene rings is 1. The number of rotatable bonds is 3. The Bertz CT molecular complexity index is 578. The highest BCUT2D eigenvalue weighted by atomic mass is 32.2. The largest absolute Gasteiger partial charge is 0.329 e. The van der Waals surface area contributed by atoms with Crippen molar-refractivity contribution >= 4 is 11.8 Å². The molecule has 0 saturated heterocycles. The minimum atomic E-state index is 0.395. The highest BCUT2D eigenvalue weighted by Crippen LogP contribution is 2.20. The number of thioether (sulfide) groups is 1. The lowest BCUT2D eigenvalue weighted by Crippen LogP contribution is -1.93. The first-order valence-corrected chi connectivity index (χ1v) is 6.66. The van der Waals surface area contributed by atoms with Crippen LogP contribution < -0.4 is 5.73 Å². The predicted octanol–water partition coefficient (Wildman–Crippen LogP) is 2.02. The molecular formula is C14H15N3S. The topological polar surface area (TPSA) is 43.8 Å². The van der Waals surface area contributed by atoms with Crippen molar-refractivity contribution < 1.29 is 0 Å². The van der Waals surface area contributed by atoms with E-state index < -0.39 is 0 Å². The Morgan fingerprint density at radius 1 is 1.44 bits per heavy atom. The fourth-order valence-corrected chi connectivity index (χ4v) is 2.41. The van der Waals surface area contributed by atoms with Crippen molar-refractivity contribution in [2.24, 2.45) is 12.8 Å². The maximum atomic E-state index is 5.37. The van der Waals surface area contributed by atoms with Gasteiger partial charge in [0, 0.05) is 30.8 Å². The fourth-order valence-electron chi connectivity index (χ4n) is 1.53. The number of nitrogens with zero attached hydrogens (tertiary/aromatic N) is 2. The van der Waals surface area contributed by atoms with Crippen LogP contribution in [0.2, 0.25) is 0 Å². The van der Waals surface area contributed by atoms with Crippen LogP contribution in [0.4, 0.5) is 0 Å². The molecule has 0 atom stereocenters. The van der Waals surface area contributed by atoms with Crippen molar-refractivity contribution in [3.63, 3.8) is 0 Å². The first-order chi connectivity index (χ1) is 8.79. The Morgan fingerprint density at radius 3 is 3.06 bits per heavy atom. The highest BCUT2D eigenvalue weighted by molar-refractivity contribution is 7.98. The molecule has 1 heterocycles. The van der Waals surface area contributed by atoms with Crippen LogP contribution >= 0.6 is 11.8 Å². The van der Waals surface area contributed by atoms with E-state index in [1.807, 2.05) is 36.1 Å². The summed E-state index contributed by atoms with van der Waals surface area (Å²) in [6, 6.07) is 8.22. The molecule has 1 aromatic heterocycles. The summed E-state index contributed by atoms with van der Waals surface area (Å²) in [5, 5.41) is 1.02. The molecule has 0 spiro atoms. The van der Waals surface area contributed by atoms with E-state index in [2.05, 4.69) is 29.0 Å². The third-order valence-electron chi connectivity index (χ3n) is 2.41. The van der Waals surface area contributed by atoms with E-state index in [1.54, 1.807) is 11.8 Å². The third-order valence-corrected chi connectivity index (χ3v) is 3.54. The average Bonchev–Trinajstić information content (AvgIpc) is 2.80. The first-order valence-electron chi connectivity index (χ1n) is 5.67. The van der Waals surface area contributed by atoms with E-state index in [0.717, 1.165) is 16.5 Å². The number of imidazole rings is 1. The van der Waals surface area contributed by atoms with E-state index in [1.165, 1.54) is 5.56 Å². The molecule has 1 aromatic carbocycles. The van der Waals surface area contributed by atoms with Gasteiger partial charge in [0.1, 0.15) is 0 Å². The quantitative estimate of drug-likeness (QED) is 0.676. The summed E-state index contributed by atoms with van der Waals surface area (Å²) in [5.74, 6) is 6.80. The SMILES string of the molecule is Cn1ccnc1SCc1cccc(C#CCN)c1. The smallest absolute Gasteiger partial charge is 0.167 e. The van der Waals surface area contributed by atoms with Crippen LogP contribution in [-0.4, -0.2) is 16.1 Å². The summed E-state index contributed by atoms with van der Waals surface area (Å²) in [5.41, 5.74) is 7.62. The molecule has 0 aliphatic carbocycles. The van der Waals surface area contributed by atoms with Crippen molar-refractivity contribution in [3.8, 4) is 11.8 Å². The van der Waals surface area contributed by atoms with Crippen molar-refractivity contribution in [2.45, 2.75) is 10.9 Å². The van der Waals surface area contributed by atoms with Crippen molar-refractivity contribution in [2.75, 3.05) is 6.54 Å². The summed E-state index contributed by atoms with van der Waals surface area (Å²) in [4.78, 5) is 4.28. The summed E-state index contributed by atoms with van der Waals surface area (Å²) >= 11 is 1.72. The van der Waals surface area contributed by atoms with Gasteiger partial charge < -0.3 is 10.3 Å². The second-order valence-corrected chi connectivity index (χ2v) is 4.76. The van der Waals surface area contributed by atoms with Crippen molar-refractivity contribution in [1.29, 1.82) is 0 Å². The second-order valence-electron chi connectivity index (χ2n) is 3.82. The minimum absolute atomic E-state index is 0.395. The number of aromatic nitrogens is 2. The highest BCUT2D eigenvalue weighted by Gasteiger charge is 2.01. The van der Waals surface area contributed by atoms with Gasteiger partial charge in [-0.3, -0.25) is 0 Å². The fraction of sp³-hybridized carbons (Fsp3) is 0.214. The van der Waals surface area contributed by atoms with Crippen LogP contribution in [0.1, 0.15) is 11.1 Å². The van der Waals surface area contributed by atoms with Gasteiger partial charge in [-0.1, -0.05) is 35.7 Å². The van der Waals surface area contributed by atoms with Gasteiger partial charge in [0.15, 0.2) is 5.16 Å². The number of nitrogens with two attached hydrogens (primary N) is 1. The average molecular weight is 257 g/mol. The zero-order valence-corrected chi connectivity index (χ0v) is 11.1. The maximum absolute atomic E-state index is 5.37. The van der Waals surface area contributed by atoms with Gasteiger partial charge >= 0.3 is 0 Å². The van der Waals surface area contributed by atoms with Crippen LogP contribution in [0.15, 0.2) is 41.8 Å². The van der Waals surface area contributed by atoms with Crippen molar-refractivity contribution in [3.05, 3.63) is 47.8 Å². The van der Waals surface area contributed by atoms with Crippen molar-refractivity contribution in [1.82, 2.24) is 9.55 Å². The number of aryl methyl sites for hydroxylation is 1. The molecule has 0 saturated carbocycles. The zero-order chi connectivity index (χ0) is 12.8. The lowest BCUT2D eigenvalue weighted by molar-refractivity contribution is 0.790. The third kappa shape index (κ3) is 3.39. The second kappa shape index (κ2) is 6.29. The minimum Gasteiger partial charge on any atom is -0.329 e. The summed E-state index contributed by atoms with van der Waals surface area (Å²) in [7, 11) is 2.00. The van der Waals surface area contributed by atoms with Gasteiger partial charge in [-0.15, -0.1) is 0 Å². The van der Waals surface area contributed by atoms with Crippen LogP contribution in [0.5, 0.6) is 0 Å². The van der Waals surface area contributed by atoms with Gasteiger partial charge in [0.2, 0.25) is 0 Å². The van der Waals surface area contributed by atoms with E-state index in [9.17, 15) is 0 Å². The predicted molar refractivity (Wildman–Crippen MR) is 75.1 cm³/mol. The van der Waals surface area contributed by atoms with Crippen LogP contribution in [0, 0.1) is 11.8 Å². The molecule has 0 fully saturated rings. The van der Waals surface area contributed by atoms with Gasteiger partial charge in [-0.2, -0.15) is 0 Å². The molecule has 0 unspecified atom stereocenters. The summed E-state index contributed by atoms with van der Waals surface area (Å²) in [6.07, 6.45) is 3.76. The monoisotopic (exact) mass is 257 g/mol. The molecular weight excluding hydrogens is 242 g/mol. The molecule has 0 aliphatic rings. The van der Waals surface area contributed by atoms with E-state index >= 15 is 0 Å². The Hall–Kier alpha value is -1.70. The standard InChI is InChI=1S/C14H15N3S/c1-17-9-8-16-14(17)18-11-13-5-2-4-12(10-13)6-3-7-15/h2,4-5,8-10H,7,11,15H2,1H3. The van der Waals surface area contributed by atoms with Crippen LogP contribution in [0.3, 0.4) is 0 Å². The maximum Gasteiger partial charge on any atom is 0.167 e. The van der Waals surface area contributed by atoms with Gasteiger partial charge in [0.25, 0.3) is 0 Å². The molecule has 0 amide bonds. The van der Waals surface area contributed by atoms with Gasteiger partial charge in [-0.05, 0) is 17.7 Å². The molecule has 2 N–H and O–H groups in total. The molecule has 0 bridgehead atoms. The lowest BCUT2D eigenvalue weighted by Gasteiger charge is -2.02. The van der Waals surface area contributed by atoms with Crippen LogP contribution in [0.25, 0.3) is 0 Å². The van der Waals surface area contributed by atoms with Crippen LogP contribution in [-0.2, 0) is 12.8 Å². The van der Waals surface area contributed by atoms with Gasteiger partial charge in [-0.25, -0.2) is 4.98 Å². The number of hydrogen-bond acceptors (Lipinski definition) is 3. The van der Waals surface area contributed by atoms with E-state index in [4.69, 9.17) is 5.73 Å². The molecule has 4 heteroatoms. The first kappa shape index (κ1) is 12.7. The normalized spacial score (nSPS) is 9.89. The molecule has 2 rings (SSSR count).